The van der Waals surface area contributed by atoms with E-state index in [1.54, 1.807) is 13.3 Å². The molecule has 0 fully saturated rings. The standard InChI is InChI=1S/C11H14IN5O/c1-3-17-8(4-5-14-17)11-15-7(6-18-2)9(12)10(13)16-11/h4-5H,3,6H2,1-2H3,(H2,13,15,16). The highest BCUT2D eigenvalue weighted by atomic mass is 127. The lowest BCUT2D eigenvalue weighted by Gasteiger charge is -2.09. The molecule has 0 spiro atoms. The number of nitrogens with two attached hydrogens (primary N) is 1. The molecule has 0 unspecified atom stereocenters. The van der Waals surface area contributed by atoms with Gasteiger partial charge in [-0.05, 0) is 35.6 Å². The summed E-state index contributed by atoms with van der Waals surface area (Å²) in [5.74, 6) is 1.05. The third-order valence-electron chi connectivity index (χ3n) is 2.47. The third kappa shape index (κ3) is 2.46. The van der Waals surface area contributed by atoms with Crippen molar-refractivity contribution < 1.29 is 4.74 Å². The lowest BCUT2D eigenvalue weighted by molar-refractivity contribution is 0.181. The number of ether oxygens (including phenoxy) is 1. The Hall–Kier alpha value is -1.22. The first kappa shape index (κ1) is 13.2. The van der Waals surface area contributed by atoms with E-state index < -0.39 is 0 Å². The third-order valence-corrected chi connectivity index (χ3v) is 3.65. The molecule has 0 saturated carbocycles. The van der Waals surface area contributed by atoms with Gasteiger partial charge in [0.15, 0.2) is 5.82 Å². The van der Waals surface area contributed by atoms with Crippen LogP contribution in [0.15, 0.2) is 12.3 Å². The maximum Gasteiger partial charge on any atom is 0.180 e. The van der Waals surface area contributed by atoms with Gasteiger partial charge in [-0.2, -0.15) is 5.10 Å². The fraction of sp³-hybridized carbons (Fsp3) is 0.364. The first-order valence-corrected chi connectivity index (χ1v) is 6.58. The number of methoxy groups -OCH3 is 1. The molecule has 18 heavy (non-hydrogen) atoms. The van der Waals surface area contributed by atoms with E-state index in [0.717, 1.165) is 21.5 Å². The maximum atomic E-state index is 5.91. The average molecular weight is 359 g/mol. The molecule has 0 atom stereocenters. The minimum atomic E-state index is 0.415. The Morgan fingerprint density at radius 2 is 2.22 bits per heavy atom. The Kier molecular flexibility index (Phi) is 4.12. The molecule has 2 N–H and O–H groups in total. The van der Waals surface area contributed by atoms with Gasteiger partial charge in [-0.15, -0.1) is 0 Å². The summed E-state index contributed by atoms with van der Waals surface area (Å²) in [7, 11) is 1.63. The molecule has 0 aliphatic rings. The topological polar surface area (TPSA) is 78.9 Å². The Bertz CT molecular complexity index is 554. The summed E-state index contributed by atoms with van der Waals surface area (Å²) in [4.78, 5) is 8.80. The maximum absolute atomic E-state index is 5.91. The molecule has 96 valence electrons. The van der Waals surface area contributed by atoms with Crippen LogP contribution in [0.1, 0.15) is 12.6 Å². The molecule has 2 aromatic heterocycles. The van der Waals surface area contributed by atoms with E-state index >= 15 is 0 Å². The molecule has 0 saturated heterocycles. The number of halogens is 1. The van der Waals surface area contributed by atoms with E-state index in [1.165, 1.54) is 0 Å². The van der Waals surface area contributed by atoms with Crippen LogP contribution in [-0.4, -0.2) is 26.9 Å². The first-order chi connectivity index (χ1) is 8.67. The van der Waals surface area contributed by atoms with Crippen molar-refractivity contribution in [2.45, 2.75) is 20.1 Å². The fourth-order valence-corrected chi connectivity index (χ4v) is 2.03. The van der Waals surface area contributed by atoms with E-state index in [2.05, 4.69) is 37.7 Å². The van der Waals surface area contributed by atoms with Crippen molar-refractivity contribution in [3.8, 4) is 11.5 Å². The zero-order valence-electron chi connectivity index (χ0n) is 10.2. The van der Waals surface area contributed by atoms with E-state index in [9.17, 15) is 0 Å². The molecule has 0 aliphatic carbocycles. The van der Waals surface area contributed by atoms with Gasteiger partial charge in [0.2, 0.25) is 0 Å². The second-order valence-corrected chi connectivity index (χ2v) is 4.74. The molecule has 6 nitrogen and oxygen atoms in total. The first-order valence-electron chi connectivity index (χ1n) is 5.50. The Labute approximate surface area is 119 Å². The molecule has 0 bridgehead atoms. The molecule has 0 aliphatic heterocycles. The van der Waals surface area contributed by atoms with Crippen molar-refractivity contribution in [1.82, 2.24) is 19.7 Å². The Morgan fingerprint density at radius 1 is 1.44 bits per heavy atom. The second-order valence-electron chi connectivity index (χ2n) is 3.66. The summed E-state index contributed by atoms with van der Waals surface area (Å²) in [5, 5.41) is 4.20. The molecule has 2 aromatic rings. The average Bonchev–Trinajstić information content (AvgIpc) is 2.83. The number of nitrogen functional groups attached to an aromatic ring is 1. The highest BCUT2D eigenvalue weighted by molar-refractivity contribution is 14.1. The van der Waals surface area contributed by atoms with E-state index in [0.29, 0.717) is 18.2 Å². The number of anilines is 1. The summed E-state index contributed by atoms with van der Waals surface area (Å²) in [6.07, 6.45) is 1.73. The quantitative estimate of drug-likeness (QED) is 0.841. The van der Waals surface area contributed by atoms with Crippen molar-refractivity contribution in [1.29, 1.82) is 0 Å². The number of aromatic nitrogens is 4. The van der Waals surface area contributed by atoms with Gasteiger partial charge in [-0.3, -0.25) is 4.68 Å². The van der Waals surface area contributed by atoms with Crippen LogP contribution in [0.2, 0.25) is 0 Å². The number of nitrogens with zero attached hydrogens (tertiary/aromatic N) is 4. The number of rotatable bonds is 4. The van der Waals surface area contributed by atoms with Gasteiger partial charge >= 0.3 is 0 Å². The predicted molar refractivity (Wildman–Crippen MR) is 76.8 cm³/mol. The van der Waals surface area contributed by atoms with Crippen LogP contribution < -0.4 is 5.73 Å². The summed E-state index contributed by atoms with van der Waals surface area (Å²) in [6, 6.07) is 1.88. The summed E-state index contributed by atoms with van der Waals surface area (Å²) >= 11 is 2.13. The summed E-state index contributed by atoms with van der Waals surface area (Å²) < 4.78 is 7.79. The van der Waals surface area contributed by atoms with Crippen LogP contribution in [0.3, 0.4) is 0 Å². The Morgan fingerprint density at radius 3 is 2.89 bits per heavy atom. The monoisotopic (exact) mass is 359 g/mol. The van der Waals surface area contributed by atoms with Crippen molar-refractivity contribution in [2.75, 3.05) is 12.8 Å². The van der Waals surface area contributed by atoms with Gasteiger partial charge < -0.3 is 10.5 Å². The van der Waals surface area contributed by atoms with Crippen molar-refractivity contribution in [3.63, 3.8) is 0 Å². The van der Waals surface area contributed by atoms with E-state index in [4.69, 9.17) is 10.5 Å². The van der Waals surface area contributed by atoms with Gasteiger partial charge in [0, 0.05) is 19.9 Å². The van der Waals surface area contributed by atoms with Crippen LogP contribution in [0.5, 0.6) is 0 Å². The zero-order valence-corrected chi connectivity index (χ0v) is 12.4. The largest absolute Gasteiger partial charge is 0.383 e. The van der Waals surface area contributed by atoms with Crippen LogP contribution in [0, 0.1) is 3.57 Å². The van der Waals surface area contributed by atoms with Gasteiger partial charge in [-0.1, -0.05) is 0 Å². The number of hydrogen-bond acceptors (Lipinski definition) is 5. The normalized spacial score (nSPS) is 10.8. The molecule has 0 radical (unpaired) electrons. The zero-order chi connectivity index (χ0) is 13.1. The lowest BCUT2D eigenvalue weighted by Crippen LogP contribution is -2.08. The Balaban J connectivity index is 2.52. The highest BCUT2D eigenvalue weighted by Gasteiger charge is 2.13. The van der Waals surface area contributed by atoms with E-state index in [-0.39, 0.29) is 0 Å². The van der Waals surface area contributed by atoms with Crippen LogP contribution in [-0.2, 0) is 17.9 Å². The molecule has 0 aromatic carbocycles. The van der Waals surface area contributed by atoms with Crippen LogP contribution in [0.4, 0.5) is 5.82 Å². The van der Waals surface area contributed by atoms with Crippen LogP contribution in [0.25, 0.3) is 11.5 Å². The smallest absolute Gasteiger partial charge is 0.180 e. The molecule has 2 rings (SSSR count). The van der Waals surface area contributed by atoms with Gasteiger partial charge in [0.05, 0.1) is 15.9 Å². The predicted octanol–water partition coefficient (Wildman–Crippen LogP) is 1.69. The molecular weight excluding hydrogens is 345 g/mol. The highest BCUT2D eigenvalue weighted by Crippen LogP contribution is 2.22. The van der Waals surface area contributed by atoms with Gasteiger partial charge in [0.1, 0.15) is 11.5 Å². The summed E-state index contributed by atoms with van der Waals surface area (Å²) in [5.41, 5.74) is 7.56. The van der Waals surface area contributed by atoms with Crippen LogP contribution >= 0.6 is 22.6 Å². The molecule has 2 heterocycles. The molecular formula is C11H14IN5O. The molecule has 0 amide bonds. The SMILES string of the molecule is CCn1nccc1-c1nc(N)c(I)c(COC)n1. The van der Waals surface area contributed by atoms with Crippen molar-refractivity contribution >= 4 is 28.4 Å². The van der Waals surface area contributed by atoms with E-state index in [1.807, 2.05) is 17.7 Å². The van der Waals surface area contributed by atoms with Crippen molar-refractivity contribution in [3.05, 3.63) is 21.5 Å². The molecule has 7 heteroatoms. The second kappa shape index (κ2) is 5.61. The van der Waals surface area contributed by atoms with Gasteiger partial charge in [0.25, 0.3) is 0 Å². The summed E-state index contributed by atoms with van der Waals surface area (Å²) in [6.45, 7) is 3.19. The minimum Gasteiger partial charge on any atom is -0.383 e. The number of aryl methyl sites for hydroxylation is 1. The van der Waals surface area contributed by atoms with Crippen molar-refractivity contribution in [2.24, 2.45) is 0 Å². The minimum absolute atomic E-state index is 0.415. The fourth-order valence-electron chi connectivity index (χ4n) is 1.63. The van der Waals surface area contributed by atoms with Gasteiger partial charge in [-0.25, -0.2) is 9.97 Å². The number of hydrogen-bond donors (Lipinski definition) is 1. The lowest BCUT2D eigenvalue weighted by atomic mass is 10.3.